The van der Waals surface area contributed by atoms with Gasteiger partial charge in [0.25, 0.3) is 11.8 Å². The molecular weight excluding hydrogens is 409 g/mol. The van der Waals surface area contributed by atoms with Gasteiger partial charge in [0.2, 0.25) is 0 Å². The zero-order valence-corrected chi connectivity index (χ0v) is 15.9. The molecule has 2 amide bonds. The molecule has 0 aliphatic carbocycles. The van der Waals surface area contributed by atoms with Crippen LogP contribution in [0.4, 0.5) is 18.9 Å². The van der Waals surface area contributed by atoms with Crippen molar-refractivity contribution in [1.82, 2.24) is 4.90 Å². The minimum atomic E-state index is -3.94. The zero-order chi connectivity index (χ0) is 21.2. The number of hydrogen-bond acceptors (Lipinski definition) is 3. The Hall–Kier alpha value is -2.58. The maximum Gasteiger partial charge on any atom is 0.351 e. The standard InChI is InChI=1S/C20H18ClF3N2O3/c21-17-6-1-12(18(28)25-14-4-2-13(22)3-5-14)11-16(17)20(23,24)19(29)26-9-7-15(27)8-10-26/h1-6,11,15,27H,7-10H2,(H,25,28). The predicted molar refractivity (Wildman–Crippen MR) is 102 cm³/mol. The van der Waals surface area contributed by atoms with Gasteiger partial charge in [-0.2, -0.15) is 8.78 Å². The maximum absolute atomic E-state index is 14.9. The number of nitrogens with one attached hydrogen (secondary N) is 1. The van der Waals surface area contributed by atoms with Crippen molar-refractivity contribution in [2.24, 2.45) is 0 Å². The van der Waals surface area contributed by atoms with Crippen LogP contribution in [0.1, 0.15) is 28.8 Å². The summed E-state index contributed by atoms with van der Waals surface area (Å²) in [7, 11) is 0. The first-order valence-electron chi connectivity index (χ1n) is 8.90. The highest BCUT2D eigenvalue weighted by atomic mass is 35.5. The van der Waals surface area contributed by atoms with Crippen LogP contribution in [0.15, 0.2) is 42.5 Å². The Morgan fingerprint density at radius 2 is 1.72 bits per heavy atom. The first-order valence-corrected chi connectivity index (χ1v) is 9.28. The van der Waals surface area contributed by atoms with Crippen molar-refractivity contribution in [3.05, 3.63) is 64.4 Å². The largest absolute Gasteiger partial charge is 0.393 e. The second-order valence-corrected chi connectivity index (χ2v) is 7.16. The lowest BCUT2D eigenvalue weighted by atomic mass is 10.0. The first-order chi connectivity index (χ1) is 13.7. The summed E-state index contributed by atoms with van der Waals surface area (Å²) in [6, 6.07) is 8.19. The molecule has 1 fully saturated rings. The Morgan fingerprint density at radius 1 is 1.10 bits per heavy atom. The number of anilines is 1. The van der Waals surface area contributed by atoms with Gasteiger partial charge >= 0.3 is 5.92 Å². The van der Waals surface area contributed by atoms with Crippen LogP contribution in [0.5, 0.6) is 0 Å². The molecule has 2 aromatic rings. The third-order valence-corrected chi connectivity index (χ3v) is 5.02. The first kappa shape index (κ1) is 21.1. The summed E-state index contributed by atoms with van der Waals surface area (Å²) in [5.74, 6) is -6.56. The van der Waals surface area contributed by atoms with Crippen molar-refractivity contribution in [3.8, 4) is 0 Å². The van der Waals surface area contributed by atoms with E-state index >= 15 is 0 Å². The molecule has 9 heteroatoms. The number of carbonyl (C=O) groups excluding carboxylic acids is 2. The van der Waals surface area contributed by atoms with Gasteiger partial charge in [-0.05, 0) is 55.3 Å². The minimum absolute atomic E-state index is 0.0119. The highest BCUT2D eigenvalue weighted by Crippen LogP contribution is 2.36. The molecule has 154 valence electrons. The van der Waals surface area contributed by atoms with Gasteiger partial charge in [-0.15, -0.1) is 0 Å². The lowest BCUT2D eigenvalue weighted by molar-refractivity contribution is -0.161. The van der Waals surface area contributed by atoms with E-state index < -0.39 is 35.2 Å². The Morgan fingerprint density at radius 3 is 2.34 bits per heavy atom. The lowest BCUT2D eigenvalue weighted by Crippen LogP contribution is -2.47. The molecule has 0 spiro atoms. The van der Waals surface area contributed by atoms with E-state index in [1.165, 1.54) is 18.2 Å². The molecule has 3 rings (SSSR count). The molecule has 0 aromatic heterocycles. The van der Waals surface area contributed by atoms with Gasteiger partial charge in [0.1, 0.15) is 5.82 Å². The summed E-state index contributed by atoms with van der Waals surface area (Å²) in [5, 5.41) is 11.6. The molecule has 0 unspecified atom stereocenters. The van der Waals surface area contributed by atoms with Gasteiger partial charge in [0.15, 0.2) is 0 Å². The van der Waals surface area contributed by atoms with Crippen LogP contribution < -0.4 is 5.32 Å². The van der Waals surface area contributed by atoms with Crippen LogP contribution >= 0.6 is 11.6 Å². The van der Waals surface area contributed by atoms with Crippen LogP contribution in [0, 0.1) is 5.82 Å². The number of halogens is 4. The van der Waals surface area contributed by atoms with E-state index in [1.54, 1.807) is 0 Å². The van der Waals surface area contributed by atoms with Gasteiger partial charge in [-0.25, -0.2) is 4.39 Å². The van der Waals surface area contributed by atoms with Gasteiger partial charge in [-0.3, -0.25) is 9.59 Å². The summed E-state index contributed by atoms with van der Waals surface area (Å²) in [6.07, 6.45) is -0.180. The van der Waals surface area contributed by atoms with Crippen LogP contribution in [0.2, 0.25) is 5.02 Å². The van der Waals surface area contributed by atoms with Crippen LogP contribution in [-0.4, -0.2) is 41.0 Å². The van der Waals surface area contributed by atoms with E-state index in [0.717, 1.165) is 29.2 Å². The fourth-order valence-corrected chi connectivity index (χ4v) is 3.26. The molecule has 2 aromatic carbocycles. The molecule has 1 aliphatic rings. The molecule has 1 saturated heterocycles. The molecule has 0 saturated carbocycles. The number of likely N-dealkylation sites (tertiary alicyclic amines) is 1. The van der Waals surface area contributed by atoms with Crippen LogP contribution in [0.25, 0.3) is 0 Å². The van der Waals surface area contributed by atoms with Gasteiger partial charge < -0.3 is 15.3 Å². The van der Waals surface area contributed by atoms with E-state index in [-0.39, 0.29) is 42.2 Å². The highest BCUT2D eigenvalue weighted by Gasteiger charge is 2.46. The molecule has 0 atom stereocenters. The summed E-state index contributed by atoms with van der Waals surface area (Å²) in [4.78, 5) is 25.7. The number of nitrogens with zero attached hydrogens (tertiary/aromatic N) is 1. The van der Waals surface area contributed by atoms with Crippen molar-refractivity contribution in [3.63, 3.8) is 0 Å². The van der Waals surface area contributed by atoms with E-state index in [1.807, 2.05) is 0 Å². The molecule has 0 bridgehead atoms. The van der Waals surface area contributed by atoms with E-state index in [9.17, 15) is 27.9 Å². The van der Waals surface area contributed by atoms with E-state index in [0.29, 0.717) is 0 Å². The summed E-state index contributed by atoms with van der Waals surface area (Å²) in [5.41, 5.74) is -0.625. The second-order valence-electron chi connectivity index (χ2n) is 6.75. The number of amides is 2. The van der Waals surface area contributed by atoms with Crippen molar-refractivity contribution in [2.45, 2.75) is 24.9 Å². The average Bonchev–Trinajstić information content (AvgIpc) is 2.70. The fraction of sp³-hybridized carbons (Fsp3) is 0.300. The van der Waals surface area contributed by atoms with E-state index in [2.05, 4.69) is 5.32 Å². The van der Waals surface area contributed by atoms with Crippen molar-refractivity contribution in [1.29, 1.82) is 0 Å². The fourth-order valence-electron chi connectivity index (χ4n) is 3.03. The van der Waals surface area contributed by atoms with Crippen molar-refractivity contribution < 1.29 is 27.9 Å². The second kappa shape index (κ2) is 8.42. The Balaban J connectivity index is 1.82. The molecular formula is C20H18ClF3N2O3. The normalized spacial score (nSPS) is 15.3. The zero-order valence-electron chi connectivity index (χ0n) is 15.2. The number of alkyl halides is 2. The predicted octanol–water partition coefficient (Wildman–Crippen LogP) is 3.81. The minimum Gasteiger partial charge on any atom is -0.393 e. The SMILES string of the molecule is O=C(Nc1ccc(F)cc1)c1ccc(Cl)c(C(F)(F)C(=O)N2CCC(O)CC2)c1. The summed E-state index contributed by atoms with van der Waals surface area (Å²) >= 11 is 5.91. The molecule has 1 heterocycles. The van der Waals surface area contributed by atoms with E-state index in [4.69, 9.17) is 11.6 Å². The number of aliphatic hydroxyl groups excluding tert-OH is 1. The Kier molecular flexibility index (Phi) is 6.14. The smallest absolute Gasteiger partial charge is 0.351 e. The van der Waals surface area contributed by atoms with Crippen molar-refractivity contribution >= 4 is 29.1 Å². The summed E-state index contributed by atoms with van der Waals surface area (Å²) < 4.78 is 42.8. The number of hydrogen-bond donors (Lipinski definition) is 2. The third kappa shape index (κ3) is 4.71. The number of carbonyl (C=O) groups is 2. The van der Waals surface area contributed by atoms with Crippen molar-refractivity contribution in [2.75, 3.05) is 18.4 Å². The molecule has 1 aliphatic heterocycles. The quantitative estimate of drug-likeness (QED) is 0.781. The van der Waals surface area contributed by atoms with Crippen LogP contribution in [0.3, 0.4) is 0 Å². The van der Waals surface area contributed by atoms with Gasteiger partial charge in [0, 0.05) is 24.3 Å². The topological polar surface area (TPSA) is 69.6 Å². The number of aliphatic hydroxyl groups is 1. The van der Waals surface area contributed by atoms with Crippen LogP contribution in [-0.2, 0) is 10.7 Å². The lowest BCUT2D eigenvalue weighted by Gasteiger charge is -2.32. The monoisotopic (exact) mass is 426 g/mol. The maximum atomic E-state index is 14.9. The Bertz CT molecular complexity index is 914. The number of benzene rings is 2. The Labute approximate surface area is 170 Å². The average molecular weight is 427 g/mol. The molecule has 29 heavy (non-hydrogen) atoms. The van der Waals surface area contributed by atoms with Gasteiger partial charge in [-0.1, -0.05) is 11.6 Å². The molecule has 0 radical (unpaired) electrons. The number of piperidine rings is 1. The molecule has 5 nitrogen and oxygen atoms in total. The van der Waals surface area contributed by atoms with Gasteiger partial charge in [0.05, 0.1) is 16.7 Å². The summed E-state index contributed by atoms with van der Waals surface area (Å²) in [6.45, 7) is 0.0237. The molecule has 2 N–H and O–H groups in total. The third-order valence-electron chi connectivity index (χ3n) is 4.69. The number of rotatable bonds is 4. The highest BCUT2D eigenvalue weighted by molar-refractivity contribution is 6.32.